The van der Waals surface area contributed by atoms with Crippen LogP contribution in [0.25, 0.3) is 10.9 Å². The molecule has 1 saturated heterocycles. The Morgan fingerprint density at radius 2 is 2.21 bits per heavy atom. The number of hydrogen-bond acceptors (Lipinski definition) is 4. The number of nitrogens with zero attached hydrogens (tertiary/aromatic N) is 2. The van der Waals surface area contributed by atoms with E-state index >= 15 is 0 Å². The first-order valence-electron chi connectivity index (χ1n) is 7.67. The Hall–Kier alpha value is -2.34. The first-order valence-corrected chi connectivity index (χ1v) is 8.05. The number of pyridine rings is 1. The van der Waals surface area contributed by atoms with E-state index in [0.717, 1.165) is 5.39 Å². The number of rotatable bonds is 4. The second-order valence-electron chi connectivity index (χ2n) is 5.79. The number of aliphatic carboxylic acids is 1. The minimum absolute atomic E-state index is 0.163. The smallest absolute Gasteiger partial charge is 0.308 e. The maximum Gasteiger partial charge on any atom is 0.308 e. The molecule has 3 rings (SSSR count). The average molecular weight is 349 g/mol. The van der Waals surface area contributed by atoms with Gasteiger partial charge in [-0.1, -0.05) is 11.6 Å². The summed E-state index contributed by atoms with van der Waals surface area (Å²) >= 11 is 6.13. The Morgan fingerprint density at radius 1 is 1.42 bits per heavy atom. The number of carbonyl (C=O) groups is 2. The van der Waals surface area contributed by atoms with E-state index in [1.165, 1.54) is 0 Å². The van der Waals surface area contributed by atoms with Crippen molar-refractivity contribution in [3.05, 3.63) is 35.5 Å². The van der Waals surface area contributed by atoms with Gasteiger partial charge in [0.15, 0.2) is 6.61 Å². The van der Waals surface area contributed by atoms with Gasteiger partial charge in [-0.25, -0.2) is 0 Å². The molecule has 1 fully saturated rings. The molecule has 0 spiro atoms. The summed E-state index contributed by atoms with van der Waals surface area (Å²) in [4.78, 5) is 29.3. The number of benzene rings is 1. The summed E-state index contributed by atoms with van der Waals surface area (Å²) in [5.74, 6) is -1.14. The highest BCUT2D eigenvalue weighted by atomic mass is 35.5. The number of halogens is 1. The number of carboxylic acids is 1. The number of carbonyl (C=O) groups excluding carboxylic acids is 1. The maximum absolute atomic E-state index is 12.4. The molecule has 2 heterocycles. The van der Waals surface area contributed by atoms with Gasteiger partial charge in [0.2, 0.25) is 0 Å². The minimum Gasteiger partial charge on any atom is -0.481 e. The molecule has 1 N–H and O–H groups in total. The Bertz CT molecular complexity index is 795. The third-order valence-electron chi connectivity index (χ3n) is 4.42. The van der Waals surface area contributed by atoms with Gasteiger partial charge in [0.05, 0.1) is 10.9 Å². The molecular weight excluding hydrogens is 332 g/mol. The van der Waals surface area contributed by atoms with E-state index in [1.54, 1.807) is 36.2 Å². The van der Waals surface area contributed by atoms with Crippen LogP contribution in [0.4, 0.5) is 0 Å². The fourth-order valence-corrected chi connectivity index (χ4v) is 3.29. The molecular formula is C17H17ClN2O4. The SMILES string of the molecule is CC1C(C(=O)O)CCN1C(=O)COc1ccc(Cl)c2cccnc12. The molecule has 0 aliphatic carbocycles. The number of likely N-dealkylation sites (tertiary alicyclic amines) is 1. The molecule has 1 aliphatic heterocycles. The summed E-state index contributed by atoms with van der Waals surface area (Å²) in [5.41, 5.74) is 0.593. The molecule has 0 bridgehead atoms. The van der Waals surface area contributed by atoms with Gasteiger partial charge in [-0.3, -0.25) is 14.6 Å². The summed E-state index contributed by atoms with van der Waals surface area (Å²) in [7, 11) is 0. The van der Waals surface area contributed by atoms with Crippen molar-refractivity contribution in [1.82, 2.24) is 9.88 Å². The Morgan fingerprint density at radius 3 is 2.92 bits per heavy atom. The van der Waals surface area contributed by atoms with Crippen molar-refractivity contribution in [1.29, 1.82) is 0 Å². The third kappa shape index (κ3) is 3.01. The van der Waals surface area contributed by atoms with E-state index in [1.807, 2.05) is 6.07 Å². The minimum atomic E-state index is -0.869. The predicted molar refractivity (Wildman–Crippen MR) is 89.2 cm³/mol. The van der Waals surface area contributed by atoms with Crippen molar-refractivity contribution in [2.45, 2.75) is 19.4 Å². The zero-order chi connectivity index (χ0) is 17.3. The van der Waals surface area contributed by atoms with E-state index < -0.39 is 11.9 Å². The number of carboxylic acid groups (broad SMARTS) is 1. The number of ether oxygens (including phenoxy) is 1. The molecule has 126 valence electrons. The lowest BCUT2D eigenvalue weighted by atomic mass is 10.0. The second-order valence-corrected chi connectivity index (χ2v) is 6.20. The zero-order valence-electron chi connectivity index (χ0n) is 13.1. The highest BCUT2D eigenvalue weighted by molar-refractivity contribution is 6.35. The molecule has 2 atom stereocenters. The Kier molecular flexibility index (Phi) is 4.57. The average Bonchev–Trinajstić information content (AvgIpc) is 2.96. The van der Waals surface area contributed by atoms with E-state index in [4.69, 9.17) is 21.4 Å². The van der Waals surface area contributed by atoms with E-state index in [-0.39, 0.29) is 18.6 Å². The summed E-state index contributed by atoms with van der Waals surface area (Å²) < 4.78 is 5.63. The van der Waals surface area contributed by atoms with E-state index in [9.17, 15) is 9.59 Å². The first kappa shape index (κ1) is 16.5. The van der Waals surface area contributed by atoms with Crippen molar-refractivity contribution in [3.8, 4) is 5.75 Å². The number of amides is 1. The Balaban J connectivity index is 1.72. The molecule has 7 heteroatoms. The van der Waals surface area contributed by atoms with Crippen LogP contribution in [-0.4, -0.2) is 46.1 Å². The summed E-state index contributed by atoms with van der Waals surface area (Å²) in [5, 5.41) is 10.5. The van der Waals surface area contributed by atoms with Gasteiger partial charge in [0, 0.05) is 24.2 Å². The zero-order valence-corrected chi connectivity index (χ0v) is 13.9. The Labute approximate surface area is 144 Å². The maximum atomic E-state index is 12.4. The summed E-state index contributed by atoms with van der Waals surface area (Å²) in [6.07, 6.45) is 2.10. The van der Waals surface area contributed by atoms with E-state index in [0.29, 0.717) is 29.3 Å². The van der Waals surface area contributed by atoms with Crippen LogP contribution in [-0.2, 0) is 9.59 Å². The largest absolute Gasteiger partial charge is 0.481 e. The van der Waals surface area contributed by atoms with Crippen LogP contribution in [0.3, 0.4) is 0 Å². The van der Waals surface area contributed by atoms with Gasteiger partial charge in [0.1, 0.15) is 11.3 Å². The highest BCUT2D eigenvalue weighted by Crippen LogP contribution is 2.30. The molecule has 1 aromatic heterocycles. The lowest BCUT2D eigenvalue weighted by Crippen LogP contribution is -2.40. The first-order chi connectivity index (χ1) is 11.5. The van der Waals surface area contributed by atoms with Crippen molar-refractivity contribution in [3.63, 3.8) is 0 Å². The lowest BCUT2D eigenvalue weighted by molar-refractivity contribution is -0.143. The topological polar surface area (TPSA) is 79.7 Å². The fourth-order valence-electron chi connectivity index (χ4n) is 3.07. The van der Waals surface area contributed by atoms with Crippen molar-refractivity contribution >= 4 is 34.4 Å². The van der Waals surface area contributed by atoms with Crippen LogP contribution < -0.4 is 4.74 Å². The molecule has 1 aromatic carbocycles. The normalized spacial score (nSPS) is 20.3. The summed E-state index contributed by atoms with van der Waals surface area (Å²) in [6.45, 7) is 2.02. The molecule has 2 unspecified atom stereocenters. The number of fused-ring (bicyclic) bond motifs is 1. The standard InChI is InChI=1S/C17H17ClN2O4/c1-10-11(17(22)23)6-8-20(10)15(21)9-24-14-5-4-13(18)12-3-2-7-19-16(12)14/h2-5,7,10-11H,6,8-9H2,1H3,(H,22,23). The predicted octanol–water partition coefficient (Wildman–Crippen LogP) is 2.59. The molecule has 2 aromatic rings. The van der Waals surface area contributed by atoms with Crippen molar-refractivity contribution in [2.75, 3.05) is 13.2 Å². The van der Waals surface area contributed by atoms with Gasteiger partial charge < -0.3 is 14.7 Å². The summed E-state index contributed by atoms with van der Waals surface area (Å²) in [6, 6.07) is 6.65. The van der Waals surface area contributed by atoms with Crippen molar-refractivity contribution in [2.24, 2.45) is 5.92 Å². The number of hydrogen-bond donors (Lipinski definition) is 1. The van der Waals surface area contributed by atoms with Crippen LogP contribution in [0, 0.1) is 5.92 Å². The monoisotopic (exact) mass is 348 g/mol. The fraction of sp³-hybridized carbons (Fsp3) is 0.353. The molecule has 1 amide bonds. The number of aromatic nitrogens is 1. The lowest BCUT2D eigenvalue weighted by Gasteiger charge is -2.23. The highest BCUT2D eigenvalue weighted by Gasteiger charge is 2.38. The van der Waals surface area contributed by atoms with Gasteiger partial charge in [0.25, 0.3) is 5.91 Å². The van der Waals surface area contributed by atoms with Crippen LogP contribution in [0.15, 0.2) is 30.5 Å². The molecule has 0 saturated carbocycles. The van der Waals surface area contributed by atoms with Crippen LogP contribution in [0.2, 0.25) is 5.02 Å². The van der Waals surface area contributed by atoms with Gasteiger partial charge in [-0.2, -0.15) is 0 Å². The molecule has 1 aliphatic rings. The molecule has 0 radical (unpaired) electrons. The molecule has 6 nitrogen and oxygen atoms in total. The van der Waals surface area contributed by atoms with E-state index in [2.05, 4.69) is 4.98 Å². The molecule has 24 heavy (non-hydrogen) atoms. The van der Waals surface area contributed by atoms with Gasteiger partial charge in [-0.15, -0.1) is 0 Å². The van der Waals surface area contributed by atoms with Crippen LogP contribution in [0.5, 0.6) is 5.75 Å². The van der Waals surface area contributed by atoms with Crippen molar-refractivity contribution < 1.29 is 19.4 Å². The third-order valence-corrected chi connectivity index (χ3v) is 4.75. The van der Waals surface area contributed by atoms with Crippen LogP contribution in [0.1, 0.15) is 13.3 Å². The van der Waals surface area contributed by atoms with Gasteiger partial charge >= 0.3 is 5.97 Å². The van der Waals surface area contributed by atoms with Gasteiger partial charge in [-0.05, 0) is 37.6 Å². The second kappa shape index (κ2) is 6.65. The quantitative estimate of drug-likeness (QED) is 0.918. The van der Waals surface area contributed by atoms with Crippen LogP contribution >= 0.6 is 11.6 Å².